The van der Waals surface area contributed by atoms with Crippen LogP contribution < -0.4 is 5.32 Å². The summed E-state index contributed by atoms with van der Waals surface area (Å²) < 4.78 is 0. The van der Waals surface area contributed by atoms with Crippen LogP contribution in [0.25, 0.3) is 22.2 Å². The lowest BCUT2D eigenvalue weighted by atomic mass is 10.1. The molecule has 0 saturated carbocycles. The maximum Gasteiger partial charge on any atom is 0.257 e. The number of halogens is 2. The first-order chi connectivity index (χ1) is 13.1. The zero-order valence-corrected chi connectivity index (χ0v) is 15.4. The van der Waals surface area contributed by atoms with Crippen LogP contribution >= 0.6 is 23.2 Å². The third-order valence-corrected chi connectivity index (χ3v) is 4.56. The second-order valence-corrected chi connectivity index (χ2v) is 6.55. The van der Waals surface area contributed by atoms with Crippen molar-refractivity contribution < 1.29 is 4.79 Å². The summed E-state index contributed by atoms with van der Waals surface area (Å²) in [5.41, 5.74) is 3.23. The van der Waals surface area contributed by atoms with E-state index in [-0.39, 0.29) is 5.91 Å². The molecule has 0 spiro atoms. The van der Waals surface area contributed by atoms with E-state index in [4.69, 9.17) is 23.2 Å². The van der Waals surface area contributed by atoms with Crippen molar-refractivity contribution in [3.8, 4) is 11.3 Å². The molecule has 7 heteroatoms. The summed E-state index contributed by atoms with van der Waals surface area (Å²) in [6, 6.07) is 16.1. The summed E-state index contributed by atoms with van der Waals surface area (Å²) in [6.45, 7) is 0. The smallest absolute Gasteiger partial charge is 0.257 e. The summed E-state index contributed by atoms with van der Waals surface area (Å²) in [4.78, 5) is 25.0. The molecular formula is C20H12Cl2N4O. The number of amides is 1. The molecule has 4 aromatic rings. The van der Waals surface area contributed by atoms with E-state index in [0.29, 0.717) is 32.7 Å². The van der Waals surface area contributed by atoms with Gasteiger partial charge in [0.2, 0.25) is 0 Å². The first kappa shape index (κ1) is 17.4. The SMILES string of the molecule is O=C(Nc1ccc(Cl)c(-c2ncnc3ccccc23)c1)c1ccc(Cl)nc1. The Bertz CT molecular complexity index is 1140. The number of rotatable bonds is 3. The van der Waals surface area contributed by atoms with Gasteiger partial charge in [-0.1, -0.05) is 41.4 Å². The van der Waals surface area contributed by atoms with Crippen LogP contribution in [0.5, 0.6) is 0 Å². The zero-order valence-electron chi connectivity index (χ0n) is 13.9. The van der Waals surface area contributed by atoms with Crippen LogP contribution in [0.3, 0.4) is 0 Å². The molecule has 0 fully saturated rings. The molecule has 5 nitrogen and oxygen atoms in total. The first-order valence-electron chi connectivity index (χ1n) is 8.04. The van der Waals surface area contributed by atoms with Crippen molar-refractivity contribution in [1.82, 2.24) is 15.0 Å². The average Bonchev–Trinajstić information content (AvgIpc) is 2.69. The van der Waals surface area contributed by atoms with E-state index >= 15 is 0 Å². The molecule has 0 bridgehead atoms. The monoisotopic (exact) mass is 394 g/mol. The van der Waals surface area contributed by atoms with E-state index in [0.717, 1.165) is 10.9 Å². The fourth-order valence-corrected chi connectivity index (χ4v) is 3.04. The van der Waals surface area contributed by atoms with Crippen molar-refractivity contribution in [2.24, 2.45) is 0 Å². The van der Waals surface area contributed by atoms with E-state index in [1.165, 1.54) is 12.5 Å². The van der Waals surface area contributed by atoms with Gasteiger partial charge in [-0.2, -0.15) is 0 Å². The third kappa shape index (κ3) is 3.60. The van der Waals surface area contributed by atoms with E-state index in [2.05, 4.69) is 20.3 Å². The van der Waals surface area contributed by atoms with Crippen LogP contribution in [-0.2, 0) is 0 Å². The number of nitrogens with zero attached hydrogens (tertiary/aromatic N) is 3. The second-order valence-electron chi connectivity index (χ2n) is 5.76. The van der Waals surface area contributed by atoms with E-state index in [1.807, 2.05) is 24.3 Å². The van der Waals surface area contributed by atoms with Crippen LogP contribution in [0.4, 0.5) is 5.69 Å². The topological polar surface area (TPSA) is 67.8 Å². The summed E-state index contributed by atoms with van der Waals surface area (Å²) in [6.07, 6.45) is 2.92. The van der Waals surface area contributed by atoms with Gasteiger partial charge >= 0.3 is 0 Å². The summed E-state index contributed by atoms with van der Waals surface area (Å²) >= 11 is 12.2. The molecule has 1 amide bonds. The fraction of sp³-hybridized carbons (Fsp3) is 0. The number of carbonyl (C=O) groups excluding carboxylic acids is 1. The largest absolute Gasteiger partial charge is 0.322 e. The van der Waals surface area contributed by atoms with Crippen molar-refractivity contribution in [3.05, 3.63) is 82.9 Å². The van der Waals surface area contributed by atoms with E-state index in [9.17, 15) is 4.79 Å². The quantitative estimate of drug-likeness (QED) is 0.481. The molecule has 4 rings (SSSR count). The molecule has 0 atom stereocenters. The molecule has 132 valence electrons. The van der Waals surface area contributed by atoms with Gasteiger partial charge in [-0.25, -0.2) is 15.0 Å². The van der Waals surface area contributed by atoms with E-state index < -0.39 is 0 Å². The minimum Gasteiger partial charge on any atom is -0.322 e. The van der Waals surface area contributed by atoms with E-state index in [1.54, 1.807) is 30.3 Å². The Labute approximate surface area is 165 Å². The Morgan fingerprint density at radius 2 is 1.78 bits per heavy atom. The number of nitrogens with one attached hydrogen (secondary N) is 1. The molecule has 0 aliphatic carbocycles. The zero-order chi connectivity index (χ0) is 18.8. The van der Waals surface area contributed by atoms with Gasteiger partial charge in [0.1, 0.15) is 11.5 Å². The number of fused-ring (bicyclic) bond motifs is 1. The minimum atomic E-state index is -0.292. The molecule has 0 aliphatic heterocycles. The molecule has 0 saturated heterocycles. The molecule has 27 heavy (non-hydrogen) atoms. The highest BCUT2D eigenvalue weighted by molar-refractivity contribution is 6.33. The standard InChI is InChI=1S/C20H12Cl2N4O/c21-16-7-6-13(26-20(27)12-5-8-18(22)23-10-12)9-15(16)19-14-3-1-2-4-17(14)24-11-25-19/h1-11H,(H,26,27). The van der Waals surface area contributed by atoms with Gasteiger partial charge in [0, 0.05) is 22.8 Å². The maximum atomic E-state index is 12.4. The summed E-state index contributed by atoms with van der Waals surface area (Å²) in [5, 5.41) is 4.58. The first-order valence-corrected chi connectivity index (χ1v) is 8.80. The molecular weight excluding hydrogens is 383 g/mol. The van der Waals surface area contributed by atoms with Gasteiger partial charge in [0.15, 0.2) is 0 Å². The van der Waals surface area contributed by atoms with Gasteiger partial charge < -0.3 is 5.32 Å². The van der Waals surface area contributed by atoms with Crippen molar-refractivity contribution in [3.63, 3.8) is 0 Å². The number of benzene rings is 2. The lowest BCUT2D eigenvalue weighted by Gasteiger charge is -2.10. The van der Waals surface area contributed by atoms with Gasteiger partial charge in [-0.3, -0.25) is 4.79 Å². The lowest BCUT2D eigenvalue weighted by Crippen LogP contribution is -2.12. The Hall–Kier alpha value is -3.02. The van der Waals surface area contributed by atoms with Crippen molar-refractivity contribution in [2.75, 3.05) is 5.32 Å². The van der Waals surface area contributed by atoms with Crippen molar-refractivity contribution >= 4 is 45.7 Å². The van der Waals surface area contributed by atoms with Crippen LogP contribution in [-0.4, -0.2) is 20.9 Å². The number of aromatic nitrogens is 3. The van der Waals surface area contributed by atoms with Crippen LogP contribution in [0.1, 0.15) is 10.4 Å². The fourth-order valence-electron chi connectivity index (χ4n) is 2.72. The Morgan fingerprint density at radius 3 is 2.59 bits per heavy atom. The number of pyridine rings is 1. The Kier molecular flexibility index (Phi) is 4.71. The van der Waals surface area contributed by atoms with Gasteiger partial charge in [0.05, 0.1) is 21.8 Å². The molecule has 0 radical (unpaired) electrons. The van der Waals surface area contributed by atoms with Gasteiger partial charge in [-0.15, -0.1) is 0 Å². The minimum absolute atomic E-state index is 0.292. The van der Waals surface area contributed by atoms with Crippen LogP contribution in [0, 0.1) is 0 Å². The van der Waals surface area contributed by atoms with Gasteiger partial charge in [-0.05, 0) is 36.4 Å². The molecule has 2 aromatic carbocycles. The van der Waals surface area contributed by atoms with Crippen LogP contribution in [0.15, 0.2) is 67.1 Å². The molecule has 2 aromatic heterocycles. The summed E-state index contributed by atoms with van der Waals surface area (Å²) in [7, 11) is 0. The Balaban J connectivity index is 1.71. The third-order valence-electron chi connectivity index (χ3n) is 4.01. The highest BCUT2D eigenvalue weighted by Gasteiger charge is 2.13. The highest BCUT2D eigenvalue weighted by atomic mass is 35.5. The normalized spacial score (nSPS) is 10.7. The number of para-hydroxylation sites is 1. The van der Waals surface area contributed by atoms with Crippen LogP contribution in [0.2, 0.25) is 10.2 Å². The number of anilines is 1. The maximum absolute atomic E-state index is 12.4. The van der Waals surface area contributed by atoms with Crippen molar-refractivity contribution in [1.29, 1.82) is 0 Å². The number of carbonyl (C=O) groups is 1. The van der Waals surface area contributed by atoms with Crippen molar-refractivity contribution in [2.45, 2.75) is 0 Å². The predicted molar refractivity (Wildman–Crippen MR) is 107 cm³/mol. The average molecular weight is 395 g/mol. The van der Waals surface area contributed by atoms with Gasteiger partial charge in [0.25, 0.3) is 5.91 Å². The number of hydrogen-bond acceptors (Lipinski definition) is 4. The molecule has 0 unspecified atom stereocenters. The predicted octanol–water partition coefficient (Wildman–Crippen LogP) is 5.25. The second kappa shape index (κ2) is 7.31. The molecule has 1 N–H and O–H groups in total. The highest BCUT2D eigenvalue weighted by Crippen LogP contribution is 2.33. The Morgan fingerprint density at radius 1 is 0.926 bits per heavy atom. The number of hydrogen-bond donors (Lipinski definition) is 1. The lowest BCUT2D eigenvalue weighted by molar-refractivity contribution is 0.102. The molecule has 2 heterocycles. The molecule has 0 aliphatic rings. The summed E-state index contributed by atoms with van der Waals surface area (Å²) in [5.74, 6) is -0.292.